The molecule has 1 aliphatic carbocycles. The first-order valence-corrected chi connectivity index (χ1v) is 11.9. The average Bonchev–Trinajstić information content (AvgIpc) is 3.31. The lowest BCUT2D eigenvalue weighted by Gasteiger charge is -2.41. The molecule has 0 unspecified atom stereocenters. The molecule has 0 bridgehead atoms. The van der Waals surface area contributed by atoms with Crippen molar-refractivity contribution in [3.63, 3.8) is 0 Å². The second-order valence-electron chi connectivity index (χ2n) is 8.62. The molecule has 5 rings (SSSR count). The van der Waals surface area contributed by atoms with E-state index in [-0.39, 0.29) is 0 Å². The lowest BCUT2D eigenvalue weighted by Crippen LogP contribution is -2.49. The fourth-order valence-corrected chi connectivity index (χ4v) is 5.87. The molecule has 0 radical (unpaired) electrons. The third-order valence-electron chi connectivity index (χ3n) is 6.76. The van der Waals surface area contributed by atoms with E-state index in [0.717, 1.165) is 28.0 Å². The molecule has 5 nitrogen and oxygen atoms in total. The second kappa shape index (κ2) is 8.02. The van der Waals surface area contributed by atoms with Crippen LogP contribution < -0.4 is 0 Å². The summed E-state index contributed by atoms with van der Waals surface area (Å²) in [5.74, 6) is 0.615. The van der Waals surface area contributed by atoms with Crippen LogP contribution in [0.15, 0.2) is 23.8 Å². The van der Waals surface area contributed by atoms with Crippen molar-refractivity contribution in [1.29, 1.82) is 0 Å². The first-order valence-electron chi connectivity index (χ1n) is 10.6. The first-order chi connectivity index (χ1) is 14.1. The Labute approximate surface area is 182 Å². The van der Waals surface area contributed by atoms with Gasteiger partial charge in [0.1, 0.15) is 5.65 Å². The maximum atomic E-state index is 4.77. The number of hydrogen-bond acceptors (Lipinski definition) is 6. The van der Waals surface area contributed by atoms with Crippen molar-refractivity contribution in [1.82, 2.24) is 23.7 Å². The number of hydrogen-bond donors (Lipinski definition) is 1. The molecule has 0 aromatic carbocycles. The second-order valence-corrected chi connectivity index (χ2v) is 10.1. The van der Waals surface area contributed by atoms with Gasteiger partial charge in [0.2, 0.25) is 0 Å². The molecular formula is C22H29N5S2. The van der Waals surface area contributed by atoms with Gasteiger partial charge in [0.05, 0.1) is 10.7 Å². The summed E-state index contributed by atoms with van der Waals surface area (Å²) in [6.45, 7) is 6.92. The monoisotopic (exact) mass is 427 g/mol. The first kappa shape index (κ1) is 19.5. The van der Waals surface area contributed by atoms with Crippen molar-refractivity contribution in [2.24, 2.45) is 0 Å². The molecule has 3 aromatic rings. The van der Waals surface area contributed by atoms with Crippen LogP contribution in [0.3, 0.4) is 0 Å². The van der Waals surface area contributed by atoms with Gasteiger partial charge < -0.3 is 4.90 Å². The van der Waals surface area contributed by atoms with Crippen LogP contribution in [-0.2, 0) is 0 Å². The van der Waals surface area contributed by atoms with Gasteiger partial charge in [0.15, 0.2) is 0 Å². The molecule has 0 spiro atoms. The molecule has 2 aliphatic rings. The quantitative estimate of drug-likeness (QED) is 0.627. The van der Waals surface area contributed by atoms with Gasteiger partial charge in [0, 0.05) is 60.9 Å². The Morgan fingerprint density at radius 1 is 1.10 bits per heavy atom. The summed E-state index contributed by atoms with van der Waals surface area (Å²) in [6.07, 6.45) is 9.25. The molecule has 4 heterocycles. The van der Waals surface area contributed by atoms with Gasteiger partial charge in [-0.3, -0.25) is 8.87 Å². The van der Waals surface area contributed by atoms with E-state index in [1.807, 2.05) is 10.2 Å². The molecule has 0 amide bonds. The molecule has 7 heteroatoms. The number of thiol groups is 1. The Hall–Kier alpha value is -1.41. The topological polar surface area (TPSA) is 37.2 Å². The summed E-state index contributed by atoms with van der Waals surface area (Å²) in [6, 6.07) is 3.11. The number of pyridine rings is 1. The maximum Gasteiger partial charge on any atom is 0.150 e. The Kier molecular flexibility index (Phi) is 5.41. The standard InChI is InChI=1S/C22H29N5S2/c1-15-24-21(14-29-15)20-13-27(28)22-19(20)11-17(12-23-22)16-3-5-18(6-4-16)26-9-7-25(2)8-10-26/h11-14,16,18,28H,3-10H2,1-2H3. The molecule has 3 aromatic heterocycles. The smallest absolute Gasteiger partial charge is 0.150 e. The summed E-state index contributed by atoms with van der Waals surface area (Å²) >= 11 is 6.28. The van der Waals surface area contributed by atoms with Crippen molar-refractivity contribution < 1.29 is 0 Å². The van der Waals surface area contributed by atoms with Gasteiger partial charge in [-0.05, 0) is 57.2 Å². The number of piperazine rings is 1. The number of fused-ring (bicyclic) bond motifs is 1. The van der Waals surface area contributed by atoms with Crippen molar-refractivity contribution in [2.75, 3.05) is 33.2 Å². The van der Waals surface area contributed by atoms with Gasteiger partial charge in [-0.25, -0.2) is 9.97 Å². The zero-order chi connectivity index (χ0) is 20.0. The van der Waals surface area contributed by atoms with Crippen LogP contribution in [0.5, 0.6) is 0 Å². The summed E-state index contributed by atoms with van der Waals surface area (Å²) in [4.78, 5) is 14.6. The van der Waals surface area contributed by atoms with Crippen molar-refractivity contribution in [3.05, 3.63) is 34.4 Å². The van der Waals surface area contributed by atoms with Gasteiger partial charge in [-0.2, -0.15) is 0 Å². The fourth-order valence-electron chi connectivity index (χ4n) is 4.98. The summed E-state index contributed by atoms with van der Waals surface area (Å²) in [5.41, 5.74) is 4.47. The van der Waals surface area contributed by atoms with Crippen LogP contribution in [0.2, 0.25) is 0 Å². The lowest BCUT2D eigenvalue weighted by atomic mass is 9.81. The van der Waals surface area contributed by atoms with Gasteiger partial charge in [0.25, 0.3) is 0 Å². The molecule has 29 heavy (non-hydrogen) atoms. The third kappa shape index (κ3) is 3.85. The molecule has 1 saturated heterocycles. The van der Waals surface area contributed by atoms with E-state index < -0.39 is 0 Å². The molecular weight excluding hydrogens is 398 g/mol. The minimum atomic E-state index is 0.615. The number of aryl methyl sites for hydroxylation is 1. The van der Waals surface area contributed by atoms with Crippen molar-refractivity contribution in [2.45, 2.75) is 44.6 Å². The number of thiazole rings is 1. The highest BCUT2D eigenvalue weighted by atomic mass is 32.1. The highest BCUT2D eigenvalue weighted by molar-refractivity contribution is 7.78. The number of aromatic nitrogens is 3. The van der Waals surface area contributed by atoms with Crippen LogP contribution in [0.1, 0.15) is 42.2 Å². The molecule has 1 aliphatic heterocycles. The summed E-state index contributed by atoms with van der Waals surface area (Å²) in [7, 11) is 2.23. The minimum Gasteiger partial charge on any atom is -0.304 e. The van der Waals surface area contributed by atoms with Crippen LogP contribution in [-0.4, -0.2) is 63.0 Å². The van der Waals surface area contributed by atoms with Crippen LogP contribution in [0.25, 0.3) is 22.3 Å². The Morgan fingerprint density at radius 3 is 2.55 bits per heavy atom. The lowest BCUT2D eigenvalue weighted by molar-refractivity contribution is 0.0878. The summed E-state index contributed by atoms with van der Waals surface area (Å²) in [5, 5.41) is 4.39. The fraction of sp³-hybridized carbons (Fsp3) is 0.545. The maximum absolute atomic E-state index is 4.77. The predicted molar refractivity (Wildman–Crippen MR) is 124 cm³/mol. The van der Waals surface area contributed by atoms with E-state index in [4.69, 9.17) is 4.98 Å². The Balaban J connectivity index is 1.35. The van der Waals surface area contributed by atoms with E-state index in [2.05, 4.69) is 59.2 Å². The molecule has 0 atom stereocenters. The van der Waals surface area contributed by atoms with Crippen LogP contribution >= 0.6 is 24.2 Å². The number of nitrogens with zero attached hydrogens (tertiary/aromatic N) is 5. The average molecular weight is 428 g/mol. The zero-order valence-corrected chi connectivity index (χ0v) is 18.9. The van der Waals surface area contributed by atoms with E-state index in [0.29, 0.717) is 5.92 Å². The highest BCUT2D eigenvalue weighted by Crippen LogP contribution is 2.38. The van der Waals surface area contributed by atoms with Crippen molar-refractivity contribution in [3.8, 4) is 11.3 Å². The normalized spacial score (nSPS) is 24.4. The van der Waals surface area contributed by atoms with Gasteiger partial charge in [-0.1, -0.05) is 12.8 Å². The van der Waals surface area contributed by atoms with Gasteiger partial charge >= 0.3 is 0 Å². The number of rotatable bonds is 3. The predicted octanol–water partition coefficient (Wildman–Crippen LogP) is 4.43. The summed E-state index contributed by atoms with van der Waals surface area (Å²) < 4.78 is 1.83. The molecule has 2 fully saturated rings. The minimum absolute atomic E-state index is 0.615. The highest BCUT2D eigenvalue weighted by Gasteiger charge is 2.28. The Morgan fingerprint density at radius 2 is 1.86 bits per heavy atom. The Bertz CT molecular complexity index is 994. The molecule has 154 valence electrons. The van der Waals surface area contributed by atoms with E-state index in [1.54, 1.807) is 11.3 Å². The molecule has 1 saturated carbocycles. The van der Waals surface area contributed by atoms with Crippen LogP contribution in [0, 0.1) is 6.92 Å². The van der Waals surface area contributed by atoms with E-state index >= 15 is 0 Å². The van der Waals surface area contributed by atoms with E-state index in [1.165, 1.54) is 62.8 Å². The van der Waals surface area contributed by atoms with Gasteiger partial charge in [-0.15, -0.1) is 11.3 Å². The van der Waals surface area contributed by atoms with Crippen molar-refractivity contribution >= 4 is 35.2 Å². The third-order valence-corrected chi connectivity index (χ3v) is 7.84. The SMILES string of the molecule is Cc1nc(-c2cn(S)c3ncc(C4CCC(N5CCN(C)CC5)CC4)cc23)cs1. The van der Waals surface area contributed by atoms with E-state index in [9.17, 15) is 0 Å². The largest absolute Gasteiger partial charge is 0.304 e. The number of likely N-dealkylation sites (N-methyl/N-ethyl adjacent to an activating group) is 1. The van der Waals surface area contributed by atoms with Crippen LogP contribution in [0.4, 0.5) is 0 Å². The zero-order valence-electron chi connectivity index (χ0n) is 17.2. The molecule has 0 N–H and O–H groups in total.